The van der Waals surface area contributed by atoms with Crippen molar-refractivity contribution in [2.45, 2.75) is 12.3 Å². The highest BCUT2D eigenvalue weighted by Crippen LogP contribution is 2.22. The van der Waals surface area contributed by atoms with Gasteiger partial charge >= 0.3 is 0 Å². The van der Waals surface area contributed by atoms with Gasteiger partial charge in [0.15, 0.2) is 0 Å². The standard InChI is InChI=1S/C9H11FN2/c10-9-8(2-1-4-12-9)7-3-5-11-6-7/h1-2,4,7,11H,3,5-6H2/t7-/m0/s1. The maximum atomic E-state index is 13.1. The van der Waals surface area contributed by atoms with E-state index < -0.39 is 0 Å². The normalized spacial score (nSPS) is 22.9. The van der Waals surface area contributed by atoms with Gasteiger partial charge in [-0.3, -0.25) is 0 Å². The summed E-state index contributed by atoms with van der Waals surface area (Å²) in [6, 6.07) is 3.61. The highest BCUT2D eigenvalue weighted by molar-refractivity contribution is 5.18. The van der Waals surface area contributed by atoms with Crippen molar-refractivity contribution in [1.29, 1.82) is 0 Å². The van der Waals surface area contributed by atoms with Gasteiger partial charge in [-0.05, 0) is 19.0 Å². The Hall–Kier alpha value is -0.960. The minimum Gasteiger partial charge on any atom is -0.316 e. The molecular weight excluding hydrogens is 155 g/mol. The first-order chi connectivity index (χ1) is 5.88. The molecule has 0 radical (unpaired) electrons. The van der Waals surface area contributed by atoms with Crippen molar-refractivity contribution in [2.75, 3.05) is 13.1 Å². The lowest BCUT2D eigenvalue weighted by molar-refractivity contribution is 0.549. The minimum absolute atomic E-state index is 0.314. The maximum absolute atomic E-state index is 13.1. The number of pyridine rings is 1. The topological polar surface area (TPSA) is 24.9 Å². The molecule has 0 saturated carbocycles. The molecule has 0 unspecified atom stereocenters. The number of hydrogen-bond acceptors (Lipinski definition) is 2. The van der Waals surface area contributed by atoms with Gasteiger partial charge < -0.3 is 5.32 Å². The van der Waals surface area contributed by atoms with Gasteiger partial charge in [-0.15, -0.1) is 0 Å². The average molecular weight is 166 g/mol. The fourth-order valence-electron chi connectivity index (χ4n) is 1.62. The summed E-state index contributed by atoms with van der Waals surface area (Å²) >= 11 is 0. The van der Waals surface area contributed by atoms with E-state index in [1.807, 2.05) is 6.07 Å². The SMILES string of the molecule is Fc1ncccc1[C@H]1CCNC1. The first kappa shape index (κ1) is 7.68. The van der Waals surface area contributed by atoms with Crippen LogP contribution in [0.15, 0.2) is 18.3 Å². The molecule has 0 amide bonds. The molecule has 0 bridgehead atoms. The summed E-state index contributed by atoms with van der Waals surface area (Å²) in [5.41, 5.74) is 0.752. The zero-order valence-corrected chi connectivity index (χ0v) is 6.76. The van der Waals surface area contributed by atoms with Crippen molar-refractivity contribution in [3.63, 3.8) is 0 Å². The second-order valence-corrected chi connectivity index (χ2v) is 3.07. The highest BCUT2D eigenvalue weighted by atomic mass is 19.1. The van der Waals surface area contributed by atoms with Crippen LogP contribution in [-0.2, 0) is 0 Å². The number of halogens is 1. The molecule has 2 rings (SSSR count). The molecule has 0 spiro atoms. The molecule has 1 aromatic rings. The molecule has 1 aliphatic heterocycles. The van der Waals surface area contributed by atoms with E-state index in [1.54, 1.807) is 6.07 Å². The van der Waals surface area contributed by atoms with Crippen molar-refractivity contribution in [3.8, 4) is 0 Å². The number of rotatable bonds is 1. The second kappa shape index (κ2) is 3.19. The van der Waals surface area contributed by atoms with Crippen LogP contribution in [0, 0.1) is 5.95 Å². The monoisotopic (exact) mass is 166 g/mol. The molecule has 1 aliphatic rings. The van der Waals surface area contributed by atoms with Crippen molar-refractivity contribution in [3.05, 3.63) is 29.8 Å². The summed E-state index contributed by atoms with van der Waals surface area (Å²) in [6.45, 7) is 1.86. The van der Waals surface area contributed by atoms with Gasteiger partial charge in [-0.1, -0.05) is 6.07 Å². The van der Waals surface area contributed by atoms with Crippen LogP contribution in [0.1, 0.15) is 17.9 Å². The molecule has 1 fully saturated rings. The lowest BCUT2D eigenvalue weighted by atomic mass is 10.0. The third-order valence-electron chi connectivity index (χ3n) is 2.29. The Balaban J connectivity index is 2.26. The Kier molecular flexibility index (Phi) is 2.04. The van der Waals surface area contributed by atoms with E-state index >= 15 is 0 Å². The summed E-state index contributed by atoms with van der Waals surface area (Å²) in [6.07, 6.45) is 2.50. The van der Waals surface area contributed by atoms with Gasteiger partial charge in [0.25, 0.3) is 0 Å². The molecule has 1 atom stereocenters. The fourth-order valence-corrected chi connectivity index (χ4v) is 1.62. The summed E-state index contributed by atoms with van der Waals surface area (Å²) < 4.78 is 13.1. The predicted octanol–water partition coefficient (Wildman–Crippen LogP) is 1.30. The molecule has 12 heavy (non-hydrogen) atoms. The maximum Gasteiger partial charge on any atom is 0.216 e. The minimum atomic E-state index is -0.314. The van der Waals surface area contributed by atoms with E-state index in [9.17, 15) is 4.39 Å². The van der Waals surface area contributed by atoms with E-state index in [0.29, 0.717) is 5.92 Å². The van der Waals surface area contributed by atoms with Crippen LogP contribution in [0.3, 0.4) is 0 Å². The van der Waals surface area contributed by atoms with Crippen LogP contribution in [0.2, 0.25) is 0 Å². The lowest BCUT2D eigenvalue weighted by Crippen LogP contribution is -2.09. The van der Waals surface area contributed by atoms with Crippen molar-refractivity contribution >= 4 is 0 Å². The molecule has 3 heteroatoms. The van der Waals surface area contributed by atoms with Crippen LogP contribution in [0.25, 0.3) is 0 Å². The summed E-state index contributed by atoms with van der Waals surface area (Å²) in [5, 5.41) is 3.20. The molecule has 1 N–H and O–H groups in total. The van der Waals surface area contributed by atoms with Gasteiger partial charge in [0.2, 0.25) is 5.95 Å². The van der Waals surface area contributed by atoms with Gasteiger partial charge in [-0.25, -0.2) is 4.98 Å². The van der Waals surface area contributed by atoms with Crippen molar-refractivity contribution in [1.82, 2.24) is 10.3 Å². The fraction of sp³-hybridized carbons (Fsp3) is 0.444. The molecule has 0 aromatic carbocycles. The Bertz CT molecular complexity index is 269. The van der Waals surface area contributed by atoms with E-state index in [1.165, 1.54) is 6.20 Å². The summed E-state index contributed by atoms with van der Waals surface area (Å²) in [7, 11) is 0. The Morgan fingerprint density at radius 1 is 1.58 bits per heavy atom. The highest BCUT2D eigenvalue weighted by Gasteiger charge is 2.19. The Morgan fingerprint density at radius 2 is 2.50 bits per heavy atom. The average Bonchev–Trinajstić information content (AvgIpc) is 2.57. The molecule has 2 nitrogen and oxygen atoms in total. The van der Waals surface area contributed by atoms with E-state index in [2.05, 4.69) is 10.3 Å². The van der Waals surface area contributed by atoms with Crippen molar-refractivity contribution < 1.29 is 4.39 Å². The predicted molar refractivity (Wildman–Crippen MR) is 44.4 cm³/mol. The van der Waals surface area contributed by atoms with Gasteiger partial charge in [0, 0.05) is 24.2 Å². The smallest absolute Gasteiger partial charge is 0.216 e. The Labute approximate surface area is 70.8 Å². The quantitative estimate of drug-likeness (QED) is 0.636. The number of nitrogens with zero attached hydrogens (tertiary/aromatic N) is 1. The van der Waals surface area contributed by atoms with Crippen LogP contribution in [0.5, 0.6) is 0 Å². The number of hydrogen-bond donors (Lipinski definition) is 1. The number of nitrogens with one attached hydrogen (secondary N) is 1. The van der Waals surface area contributed by atoms with Crippen LogP contribution >= 0.6 is 0 Å². The molecule has 1 aromatic heterocycles. The molecule has 1 saturated heterocycles. The van der Waals surface area contributed by atoms with Crippen LogP contribution in [-0.4, -0.2) is 18.1 Å². The van der Waals surface area contributed by atoms with E-state index in [4.69, 9.17) is 0 Å². The van der Waals surface area contributed by atoms with Gasteiger partial charge in [-0.2, -0.15) is 4.39 Å². The van der Waals surface area contributed by atoms with Crippen LogP contribution < -0.4 is 5.32 Å². The number of aromatic nitrogens is 1. The zero-order chi connectivity index (χ0) is 8.39. The Morgan fingerprint density at radius 3 is 3.17 bits per heavy atom. The summed E-state index contributed by atoms with van der Waals surface area (Å²) in [5.74, 6) is 0.00454. The molecule has 64 valence electrons. The molecule has 0 aliphatic carbocycles. The van der Waals surface area contributed by atoms with Crippen molar-refractivity contribution in [2.24, 2.45) is 0 Å². The third kappa shape index (κ3) is 1.32. The van der Waals surface area contributed by atoms with E-state index in [0.717, 1.165) is 25.1 Å². The largest absolute Gasteiger partial charge is 0.316 e. The van der Waals surface area contributed by atoms with Crippen LogP contribution in [0.4, 0.5) is 4.39 Å². The lowest BCUT2D eigenvalue weighted by Gasteiger charge is -2.07. The first-order valence-corrected chi connectivity index (χ1v) is 4.19. The summed E-state index contributed by atoms with van der Waals surface area (Å²) in [4.78, 5) is 3.63. The van der Waals surface area contributed by atoms with Gasteiger partial charge in [0.1, 0.15) is 0 Å². The van der Waals surface area contributed by atoms with E-state index in [-0.39, 0.29) is 5.95 Å². The zero-order valence-electron chi connectivity index (χ0n) is 6.76. The molecular formula is C9H11FN2. The molecule has 2 heterocycles. The first-order valence-electron chi connectivity index (χ1n) is 4.19. The third-order valence-corrected chi connectivity index (χ3v) is 2.29. The second-order valence-electron chi connectivity index (χ2n) is 3.07. The van der Waals surface area contributed by atoms with Gasteiger partial charge in [0.05, 0.1) is 0 Å².